The third-order valence-electron chi connectivity index (χ3n) is 3.55. The van der Waals surface area contributed by atoms with Gasteiger partial charge in [0, 0.05) is 32.7 Å². The van der Waals surface area contributed by atoms with Crippen LogP contribution in [0.2, 0.25) is 0 Å². The number of nitrogen functional groups attached to an aromatic ring is 1. The number of hydrogen-bond donors (Lipinski definition) is 2. The average Bonchev–Trinajstić information content (AvgIpc) is 2.46. The SMILES string of the molecule is Nc1cnc2cc(CCN3CCNCC3)ccc2n1. The van der Waals surface area contributed by atoms with Crippen LogP contribution in [0.15, 0.2) is 24.4 Å². The van der Waals surface area contributed by atoms with Crippen LogP contribution < -0.4 is 11.1 Å². The minimum absolute atomic E-state index is 0.473. The van der Waals surface area contributed by atoms with Gasteiger partial charge in [-0.15, -0.1) is 0 Å². The van der Waals surface area contributed by atoms with Crippen LogP contribution in [0.4, 0.5) is 5.82 Å². The highest BCUT2D eigenvalue weighted by Crippen LogP contribution is 2.13. The molecule has 1 aliphatic heterocycles. The fourth-order valence-corrected chi connectivity index (χ4v) is 2.45. The maximum Gasteiger partial charge on any atom is 0.142 e. The lowest BCUT2D eigenvalue weighted by atomic mass is 10.1. The number of nitrogens with zero attached hydrogens (tertiary/aromatic N) is 3. The molecule has 0 unspecified atom stereocenters. The molecule has 2 aromatic rings. The van der Waals surface area contributed by atoms with E-state index >= 15 is 0 Å². The Morgan fingerprint density at radius 3 is 2.89 bits per heavy atom. The molecule has 0 saturated carbocycles. The van der Waals surface area contributed by atoms with E-state index in [9.17, 15) is 0 Å². The molecule has 5 heteroatoms. The zero-order valence-corrected chi connectivity index (χ0v) is 11.0. The van der Waals surface area contributed by atoms with Crippen molar-refractivity contribution in [2.24, 2.45) is 0 Å². The maximum atomic E-state index is 5.63. The van der Waals surface area contributed by atoms with Crippen LogP contribution in [-0.2, 0) is 6.42 Å². The minimum atomic E-state index is 0.473. The van der Waals surface area contributed by atoms with Crippen molar-refractivity contribution < 1.29 is 0 Å². The number of anilines is 1. The second-order valence-electron chi connectivity index (χ2n) is 4.96. The number of piperazine rings is 1. The number of rotatable bonds is 3. The van der Waals surface area contributed by atoms with Crippen molar-refractivity contribution in [3.63, 3.8) is 0 Å². The monoisotopic (exact) mass is 257 g/mol. The molecule has 1 fully saturated rings. The van der Waals surface area contributed by atoms with Crippen molar-refractivity contribution in [3.8, 4) is 0 Å². The highest BCUT2D eigenvalue weighted by atomic mass is 15.2. The van der Waals surface area contributed by atoms with Crippen molar-refractivity contribution in [2.45, 2.75) is 6.42 Å². The summed E-state index contributed by atoms with van der Waals surface area (Å²) in [5, 5.41) is 3.37. The molecule has 0 atom stereocenters. The Kier molecular flexibility index (Phi) is 3.57. The van der Waals surface area contributed by atoms with Gasteiger partial charge in [-0.25, -0.2) is 4.98 Å². The van der Waals surface area contributed by atoms with Crippen LogP contribution in [0.1, 0.15) is 5.56 Å². The van der Waals surface area contributed by atoms with Gasteiger partial charge in [0.15, 0.2) is 0 Å². The summed E-state index contributed by atoms with van der Waals surface area (Å²) < 4.78 is 0. The predicted molar refractivity (Wildman–Crippen MR) is 77.0 cm³/mol. The molecule has 3 N–H and O–H groups in total. The van der Waals surface area contributed by atoms with E-state index in [0.717, 1.165) is 50.2 Å². The van der Waals surface area contributed by atoms with Crippen LogP contribution in [-0.4, -0.2) is 47.6 Å². The number of fused-ring (bicyclic) bond motifs is 1. The van der Waals surface area contributed by atoms with Gasteiger partial charge < -0.3 is 16.0 Å². The van der Waals surface area contributed by atoms with Crippen LogP contribution >= 0.6 is 0 Å². The molecule has 0 bridgehead atoms. The lowest BCUT2D eigenvalue weighted by molar-refractivity contribution is 0.244. The molecule has 0 amide bonds. The summed E-state index contributed by atoms with van der Waals surface area (Å²) in [6, 6.07) is 6.24. The van der Waals surface area contributed by atoms with Gasteiger partial charge in [0.1, 0.15) is 5.82 Å². The molecule has 1 aromatic carbocycles. The molecule has 0 aliphatic carbocycles. The summed E-state index contributed by atoms with van der Waals surface area (Å²) in [6.45, 7) is 5.59. The fraction of sp³-hybridized carbons (Fsp3) is 0.429. The normalized spacial score (nSPS) is 16.8. The van der Waals surface area contributed by atoms with Gasteiger partial charge in [-0.1, -0.05) is 6.07 Å². The first-order valence-corrected chi connectivity index (χ1v) is 6.75. The van der Waals surface area contributed by atoms with Gasteiger partial charge in [0.05, 0.1) is 17.2 Å². The smallest absolute Gasteiger partial charge is 0.142 e. The molecule has 0 spiro atoms. The van der Waals surface area contributed by atoms with E-state index in [1.165, 1.54) is 5.56 Å². The highest BCUT2D eigenvalue weighted by Gasteiger charge is 2.09. The zero-order valence-electron chi connectivity index (χ0n) is 11.0. The number of aromatic nitrogens is 2. The van der Waals surface area contributed by atoms with E-state index < -0.39 is 0 Å². The highest BCUT2D eigenvalue weighted by molar-refractivity contribution is 5.75. The molecule has 5 nitrogen and oxygen atoms in total. The Labute approximate surface area is 112 Å². The number of nitrogens with two attached hydrogens (primary N) is 1. The Bertz CT molecular complexity index is 563. The summed E-state index contributed by atoms with van der Waals surface area (Å²) in [7, 11) is 0. The third-order valence-corrected chi connectivity index (χ3v) is 3.55. The molecule has 1 saturated heterocycles. The Balaban J connectivity index is 1.69. The molecule has 2 heterocycles. The van der Waals surface area contributed by atoms with Crippen molar-refractivity contribution in [1.29, 1.82) is 0 Å². The molecule has 3 rings (SSSR count). The van der Waals surface area contributed by atoms with Crippen LogP contribution in [0.25, 0.3) is 11.0 Å². The third kappa shape index (κ3) is 3.00. The second-order valence-corrected chi connectivity index (χ2v) is 4.96. The predicted octanol–water partition coefficient (Wildman–Crippen LogP) is 0.660. The van der Waals surface area contributed by atoms with Crippen LogP contribution in [0, 0.1) is 0 Å². The van der Waals surface area contributed by atoms with Crippen molar-refractivity contribution in [3.05, 3.63) is 30.0 Å². The topological polar surface area (TPSA) is 67.1 Å². The second kappa shape index (κ2) is 5.50. The summed E-state index contributed by atoms with van der Waals surface area (Å²) in [5.41, 5.74) is 8.73. The van der Waals surface area contributed by atoms with E-state index in [1.54, 1.807) is 6.20 Å². The largest absolute Gasteiger partial charge is 0.382 e. The van der Waals surface area contributed by atoms with E-state index in [2.05, 4.69) is 32.3 Å². The zero-order chi connectivity index (χ0) is 13.1. The van der Waals surface area contributed by atoms with Gasteiger partial charge in [0.2, 0.25) is 0 Å². The van der Waals surface area contributed by atoms with Gasteiger partial charge in [-0.3, -0.25) is 4.98 Å². The Morgan fingerprint density at radius 2 is 2.05 bits per heavy atom. The van der Waals surface area contributed by atoms with Crippen LogP contribution in [0.5, 0.6) is 0 Å². The standard InChI is InChI=1S/C14H19N5/c15-14-10-17-13-9-11(1-2-12(13)18-14)3-6-19-7-4-16-5-8-19/h1-2,9-10,16H,3-8H2,(H2,15,18). The lowest BCUT2D eigenvalue weighted by Gasteiger charge is -2.27. The van der Waals surface area contributed by atoms with E-state index in [-0.39, 0.29) is 0 Å². The van der Waals surface area contributed by atoms with Gasteiger partial charge in [0.25, 0.3) is 0 Å². The van der Waals surface area contributed by atoms with E-state index in [0.29, 0.717) is 5.82 Å². The number of hydrogen-bond acceptors (Lipinski definition) is 5. The molecule has 100 valence electrons. The van der Waals surface area contributed by atoms with Crippen molar-refractivity contribution in [1.82, 2.24) is 20.2 Å². The lowest BCUT2D eigenvalue weighted by Crippen LogP contribution is -2.44. The molecule has 1 aliphatic rings. The van der Waals surface area contributed by atoms with Crippen molar-refractivity contribution in [2.75, 3.05) is 38.5 Å². The molecule has 1 aromatic heterocycles. The van der Waals surface area contributed by atoms with Gasteiger partial charge in [-0.05, 0) is 24.1 Å². The molecule has 0 radical (unpaired) electrons. The van der Waals surface area contributed by atoms with Gasteiger partial charge >= 0.3 is 0 Å². The van der Waals surface area contributed by atoms with Crippen LogP contribution in [0.3, 0.4) is 0 Å². The fourth-order valence-electron chi connectivity index (χ4n) is 2.45. The molecular weight excluding hydrogens is 238 g/mol. The first-order chi connectivity index (χ1) is 9.31. The van der Waals surface area contributed by atoms with E-state index in [1.807, 2.05) is 6.07 Å². The number of benzene rings is 1. The van der Waals surface area contributed by atoms with Gasteiger partial charge in [-0.2, -0.15) is 0 Å². The summed E-state index contributed by atoms with van der Waals surface area (Å²) in [5.74, 6) is 0.473. The minimum Gasteiger partial charge on any atom is -0.382 e. The first kappa shape index (κ1) is 12.3. The Hall–Kier alpha value is -1.72. The van der Waals surface area contributed by atoms with Crippen molar-refractivity contribution >= 4 is 16.9 Å². The molecular formula is C14H19N5. The Morgan fingerprint density at radius 1 is 1.21 bits per heavy atom. The quantitative estimate of drug-likeness (QED) is 0.845. The maximum absolute atomic E-state index is 5.63. The first-order valence-electron chi connectivity index (χ1n) is 6.75. The average molecular weight is 257 g/mol. The summed E-state index contributed by atoms with van der Waals surface area (Å²) in [4.78, 5) is 11.1. The molecule has 19 heavy (non-hydrogen) atoms. The summed E-state index contributed by atoms with van der Waals surface area (Å²) >= 11 is 0. The number of nitrogens with one attached hydrogen (secondary N) is 1. The summed E-state index contributed by atoms with van der Waals surface area (Å²) in [6.07, 6.45) is 2.67. The van der Waals surface area contributed by atoms with E-state index in [4.69, 9.17) is 5.73 Å².